The Labute approximate surface area is 121 Å². The fourth-order valence-corrected chi connectivity index (χ4v) is 2.34. The highest BCUT2D eigenvalue weighted by Crippen LogP contribution is 2.28. The van der Waals surface area contributed by atoms with Gasteiger partial charge in [0.15, 0.2) is 0 Å². The maximum Gasteiger partial charge on any atom is 0.288 e. The second kappa shape index (κ2) is 7.41. The van der Waals surface area contributed by atoms with Crippen molar-refractivity contribution < 1.29 is 18.1 Å². The van der Waals surface area contributed by atoms with Crippen LogP contribution in [0.4, 0.5) is 5.69 Å². The van der Waals surface area contributed by atoms with Gasteiger partial charge in [-0.25, -0.2) is 13.6 Å². The molecule has 9 heteroatoms. The SMILES string of the molecule is NS(=O)(=O)CCCCCOc1ccc([N+](=O)[O-])c(Cl)c1. The fraction of sp³-hybridized carbons (Fsp3) is 0.455. The summed E-state index contributed by atoms with van der Waals surface area (Å²) in [5, 5.41) is 15.5. The fourth-order valence-electron chi connectivity index (χ4n) is 1.50. The molecule has 0 amide bonds. The topological polar surface area (TPSA) is 113 Å². The molecule has 2 N–H and O–H groups in total. The number of rotatable bonds is 8. The van der Waals surface area contributed by atoms with Crippen LogP contribution >= 0.6 is 11.6 Å². The van der Waals surface area contributed by atoms with Crippen molar-refractivity contribution in [1.29, 1.82) is 0 Å². The second-order valence-corrected chi connectivity index (χ2v) is 6.29. The summed E-state index contributed by atoms with van der Waals surface area (Å²) < 4.78 is 26.7. The number of nitrogens with two attached hydrogens (primary N) is 1. The van der Waals surface area contributed by atoms with Gasteiger partial charge < -0.3 is 4.74 Å². The number of nitro benzene ring substituents is 1. The molecular formula is C11H15ClN2O5S. The molecule has 0 unspecified atom stereocenters. The zero-order chi connectivity index (χ0) is 15.2. The summed E-state index contributed by atoms with van der Waals surface area (Å²) in [5.41, 5.74) is -0.174. The van der Waals surface area contributed by atoms with Crippen LogP contribution in [0.15, 0.2) is 18.2 Å². The van der Waals surface area contributed by atoms with E-state index in [2.05, 4.69) is 0 Å². The predicted octanol–water partition coefficient (Wildman–Crippen LogP) is 2.09. The van der Waals surface area contributed by atoms with E-state index in [1.54, 1.807) is 0 Å². The lowest BCUT2D eigenvalue weighted by Crippen LogP contribution is -2.16. The quantitative estimate of drug-likeness (QED) is 0.447. The summed E-state index contributed by atoms with van der Waals surface area (Å²) >= 11 is 5.73. The van der Waals surface area contributed by atoms with Crippen LogP contribution < -0.4 is 9.88 Å². The first kappa shape index (κ1) is 16.7. The van der Waals surface area contributed by atoms with Crippen molar-refractivity contribution in [2.45, 2.75) is 19.3 Å². The lowest BCUT2D eigenvalue weighted by atomic mass is 10.2. The molecule has 20 heavy (non-hydrogen) atoms. The summed E-state index contributed by atoms with van der Waals surface area (Å²) in [4.78, 5) is 10.00. The van der Waals surface area contributed by atoms with Crippen molar-refractivity contribution in [1.82, 2.24) is 0 Å². The second-order valence-electron chi connectivity index (χ2n) is 4.15. The van der Waals surface area contributed by atoms with Crippen LogP contribution in [0, 0.1) is 10.1 Å². The Bertz CT molecular complexity index is 576. The minimum absolute atomic E-state index is 0.0155. The van der Waals surface area contributed by atoms with E-state index >= 15 is 0 Å². The molecule has 0 saturated heterocycles. The molecule has 0 atom stereocenters. The Morgan fingerprint density at radius 3 is 2.55 bits per heavy atom. The highest BCUT2D eigenvalue weighted by molar-refractivity contribution is 7.89. The van der Waals surface area contributed by atoms with E-state index in [1.807, 2.05) is 0 Å². The van der Waals surface area contributed by atoms with Gasteiger partial charge in [0.25, 0.3) is 5.69 Å². The van der Waals surface area contributed by atoms with Crippen LogP contribution in [0.1, 0.15) is 19.3 Å². The molecule has 0 bridgehead atoms. The minimum Gasteiger partial charge on any atom is -0.494 e. The van der Waals surface area contributed by atoms with E-state index < -0.39 is 14.9 Å². The average molecular weight is 323 g/mol. The third kappa shape index (κ3) is 6.18. The van der Waals surface area contributed by atoms with Crippen molar-refractivity contribution >= 4 is 27.3 Å². The molecule has 0 aliphatic heterocycles. The number of ether oxygens (including phenoxy) is 1. The summed E-state index contributed by atoms with van der Waals surface area (Å²) in [6, 6.07) is 4.12. The summed E-state index contributed by atoms with van der Waals surface area (Å²) in [5.74, 6) is 0.392. The molecule has 0 fully saturated rings. The van der Waals surface area contributed by atoms with Gasteiger partial charge in [0.1, 0.15) is 10.8 Å². The Balaban J connectivity index is 2.33. The minimum atomic E-state index is -3.40. The van der Waals surface area contributed by atoms with E-state index in [1.165, 1.54) is 18.2 Å². The van der Waals surface area contributed by atoms with E-state index in [-0.39, 0.29) is 16.5 Å². The van der Waals surface area contributed by atoms with Crippen LogP contribution in [-0.4, -0.2) is 25.7 Å². The first-order chi connectivity index (χ1) is 9.29. The van der Waals surface area contributed by atoms with Gasteiger partial charge in [0, 0.05) is 12.1 Å². The maximum absolute atomic E-state index is 10.7. The van der Waals surface area contributed by atoms with Crippen LogP contribution in [0.2, 0.25) is 5.02 Å². The van der Waals surface area contributed by atoms with Crippen molar-refractivity contribution in [3.05, 3.63) is 33.3 Å². The molecule has 0 spiro atoms. The molecule has 0 aliphatic rings. The number of nitro groups is 1. The summed E-state index contributed by atoms with van der Waals surface area (Å²) in [6.07, 6.45) is 1.80. The molecule has 0 aromatic heterocycles. The van der Waals surface area contributed by atoms with Gasteiger partial charge in [0.05, 0.1) is 17.3 Å². The molecule has 1 aromatic rings. The van der Waals surface area contributed by atoms with Gasteiger partial charge in [-0.3, -0.25) is 10.1 Å². The number of hydrogen-bond acceptors (Lipinski definition) is 5. The first-order valence-corrected chi connectivity index (χ1v) is 7.96. The van der Waals surface area contributed by atoms with Crippen LogP contribution in [-0.2, 0) is 10.0 Å². The first-order valence-electron chi connectivity index (χ1n) is 5.87. The van der Waals surface area contributed by atoms with Crippen LogP contribution in [0.25, 0.3) is 0 Å². The third-order valence-electron chi connectivity index (χ3n) is 2.46. The maximum atomic E-state index is 10.7. The average Bonchev–Trinajstić information content (AvgIpc) is 2.32. The van der Waals surface area contributed by atoms with Crippen molar-refractivity contribution in [2.24, 2.45) is 5.14 Å². The van der Waals surface area contributed by atoms with Crippen molar-refractivity contribution in [3.63, 3.8) is 0 Å². The van der Waals surface area contributed by atoms with Gasteiger partial charge in [-0.15, -0.1) is 0 Å². The van der Waals surface area contributed by atoms with Gasteiger partial charge >= 0.3 is 0 Å². The van der Waals surface area contributed by atoms with Crippen molar-refractivity contribution in [3.8, 4) is 5.75 Å². The zero-order valence-corrected chi connectivity index (χ0v) is 12.2. The highest BCUT2D eigenvalue weighted by Gasteiger charge is 2.12. The number of halogens is 1. The number of primary sulfonamides is 1. The predicted molar refractivity (Wildman–Crippen MR) is 75.4 cm³/mol. The molecular weight excluding hydrogens is 308 g/mol. The molecule has 112 valence electrons. The Morgan fingerprint density at radius 1 is 1.30 bits per heavy atom. The smallest absolute Gasteiger partial charge is 0.288 e. The number of benzene rings is 1. The number of nitrogens with zero attached hydrogens (tertiary/aromatic N) is 1. The molecule has 7 nitrogen and oxygen atoms in total. The lowest BCUT2D eigenvalue weighted by Gasteiger charge is -2.06. The van der Waals surface area contributed by atoms with Crippen LogP contribution in [0.3, 0.4) is 0 Å². The summed E-state index contributed by atoms with van der Waals surface area (Å²) in [7, 11) is -3.40. The molecule has 0 saturated carbocycles. The molecule has 0 radical (unpaired) electrons. The van der Waals surface area contributed by atoms with E-state index in [9.17, 15) is 18.5 Å². The van der Waals surface area contributed by atoms with Gasteiger partial charge in [-0.2, -0.15) is 0 Å². The zero-order valence-electron chi connectivity index (χ0n) is 10.6. The van der Waals surface area contributed by atoms with Crippen molar-refractivity contribution in [2.75, 3.05) is 12.4 Å². The monoisotopic (exact) mass is 322 g/mol. The largest absolute Gasteiger partial charge is 0.494 e. The van der Waals surface area contributed by atoms with Crippen LogP contribution in [0.5, 0.6) is 5.75 Å². The molecule has 0 heterocycles. The number of hydrogen-bond donors (Lipinski definition) is 1. The number of unbranched alkanes of at least 4 members (excludes halogenated alkanes) is 2. The van der Waals surface area contributed by atoms with E-state index in [0.29, 0.717) is 31.6 Å². The molecule has 1 aromatic carbocycles. The van der Waals surface area contributed by atoms with E-state index in [4.69, 9.17) is 21.5 Å². The lowest BCUT2D eigenvalue weighted by molar-refractivity contribution is -0.384. The van der Waals surface area contributed by atoms with Gasteiger partial charge in [0.2, 0.25) is 10.0 Å². The summed E-state index contributed by atoms with van der Waals surface area (Å²) in [6.45, 7) is 0.374. The van der Waals surface area contributed by atoms with Gasteiger partial charge in [-0.05, 0) is 25.3 Å². The third-order valence-corrected chi connectivity index (χ3v) is 3.62. The standard InChI is InChI=1S/C11H15ClN2O5S/c12-10-8-9(4-5-11(10)14(15)16)19-6-2-1-3-7-20(13,17)18/h4-5,8H,1-3,6-7H2,(H2,13,17,18). The normalized spacial score (nSPS) is 11.3. The van der Waals surface area contributed by atoms with Gasteiger partial charge in [-0.1, -0.05) is 11.6 Å². The Hall–Kier alpha value is -1.38. The Morgan fingerprint density at radius 2 is 2.00 bits per heavy atom. The Kier molecular flexibility index (Phi) is 6.18. The highest BCUT2D eigenvalue weighted by atomic mass is 35.5. The molecule has 1 rings (SSSR count). The van der Waals surface area contributed by atoms with E-state index in [0.717, 1.165) is 0 Å². The molecule has 0 aliphatic carbocycles. The number of sulfonamides is 1.